The number of benzene rings is 1. The van der Waals surface area contributed by atoms with Gasteiger partial charge in [0.25, 0.3) is 0 Å². The van der Waals surface area contributed by atoms with Crippen molar-refractivity contribution < 1.29 is 4.74 Å². The standard InChI is InChI=1S/C19H25N3O/c1-12-10-15(23-2)8-9-16(12)17-14(5-3-4-13-6-7-13)11-22-19(21)18(17)20/h8-11,13H,3-7,20H2,1-2H3,(H2,21,22). The number of nitrogens with two attached hydrogens (primary N) is 2. The van der Waals surface area contributed by atoms with Crippen molar-refractivity contribution in [2.45, 2.75) is 39.0 Å². The number of aromatic nitrogens is 1. The molecule has 4 nitrogen and oxygen atoms in total. The van der Waals surface area contributed by atoms with Gasteiger partial charge in [0.05, 0.1) is 12.8 Å². The number of anilines is 2. The second-order valence-electron chi connectivity index (χ2n) is 6.47. The number of ether oxygens (including phenoxy) is 1. The first-order valence-corrected chi connectivity index (χ1v) is 8.28. The van der Waals surface area contributed by atoms with Crippen LogP contribution in [-0.4, -0.2) is 12.1 Å². The number of aryl methyl sites for hydroxylation is 2. The molecule has 0 radical (unpaired) electrons. The highest BCUT2D eigenvalue weighted by molar-refractivity contribution is 5.86. The van der Waals surface area contributed by atoms with Crippen molar-refractivity contribution in [2.24, 2.45) is 5.92 Å². The zero-order chi connectivity index (χ0) is 16.4. The van der Waals surface area contributed by atoms with E-state index in [1.807, 2.05) is 18.3 Å². The minimum absolute atomic E-state index is 0.404. The molecule has 1 saturated carbocycles. The lowest BCUT2D eigenvalue weighted by molar-refractivity contribution is 0.414. The molecule has 1 fully saturated rings. The molecule has 1 aromatic heterocycles. The van der Waals surface area contributed by atoms with E-state index in [0.717, 1.165) is 34.8 Å². The first-order valence-electron chi connectivity index (χ1n) is 8.28. The van der Waals surface area contributed by atoms with Crippen molar-refractivity contribution >= 4 is 11.5 Å². The van der Waals surface area contributed by atoms with Crippen molar-refractivity contribution in [2.75, 3.05) is 18.6 Å². The van der Waals surface area contributed by atoms with Crippen LogP contribution in [0.4, 0.5) is 11.5 Å². The van der Waals surface area contributed by atoms with Crippen molar-refractivity contribution in [1.82, 2.24) is 4.98 Å². The molecular formula is C19H25N3O. The Morgan fingerprint density at radius 1 is 1.26 bits per heavy atom. The van der Waals surface area contributed by atoms with Crippen LogP contribution in [0.25, 0.3) is 11.1 Å². The third kappa shape index (κ3) is 3.41. The molecule has 1 aromatic carbocycles. The number of hydrogen-bond acceptors (Lipinski definition) is 4. The van der Waals surface area contributed by atoms with Gasteiger partial charge in [0, 0.05) is 11.8 Å². The molecule has 1 heterocycles. The number of nitrogen functional groups attached to an aromatic ring is 2. The van der Waals surface area contributed by atoms with E-state index in [1.165, 1.54) is 31.2 Å². The van der Waals surface area contributed by atoms with Crippen LogP contribution in [0.1, 0.15) is 36.8 Å². The van der Waals surface area contributed by atoms with E-state index in [9.17, 15) is 0 Å². The third-order valence-corrected chi connectivity index (χ3v) is 4.68. The quantitative estimate of drug-likeness (QED) is 0.846. The molecule has 3 rings (SSSR count). The zero-order valence-corrected chi connectivity index (χ0v) is 13.9. The van der Waals surface area contributed by atoms with Gasteiger partial charge in [-0.3, -0.25) is 0 Å². The summed E-state index contributed by atoms with van der Waals surface area (Å²) < 4.78 is 5.30. The Morgan fingerprint density at radius 2 is 2.04 bits per heavy atom. The van der Waals surface area contributed by atoms with Gasteiger partial charge in [0.2, 0.25) is 0 Å². The second kappa shape index (κ2) is 6.49. The summed E-state index contributed by atoms with van der Waals surface area (Å²) in [5.41, 5.74) is 17.3. The lowest BCUT2D eigenvalue weighted by atomic mass is 9.93. The fourth-order valence-electron chi connectivity index (χ4n) is 3.12. The SMILES string of the molecule is COc1ccc(-c2c(CCCC3CC3)cnc(N)c2N)c(C)c1. The van der Waals surface area contributed by atoms with E-state index in [0.29, 0.717) is 11.5 Å². The molecule has 2 aromatic rings. The van der Waals surface area contributed by atoms with Crippen LogP contribution in [0.2, 0.25) is 0 Å². The Hall–Kier alpha value is -2.23. The predicted octanol–water partition coefficient (Wildman–Crippen LogP) is 3.96. The molecule has 122 valence electrons. The van der Waals surface area contributed by atoms with Crippen LogP contribution in [0.5, 0.6) is 5.75 Å². The first kappa shape index (κ1) is 15.7. The van der Waals surface area contributed by atoms with Crippen molar-refractivity contribution in [3.63, 3.8) is 0 Å². The summed E-state index contributed by atoms with van der Waals surface area (Å²) in [5, 5.41) is 0. The fourth-order valence-corrected chi connectivity index (χ4v) is 3.12. The van der Waals surface area contributed by atoms with Gasteiger partial charge >= 0.3 is 0 Å². The van der Waals surface area contributed by atoms with Gasteiger partial charge in [-0.25, -0.2) is 4.98 Å². The van der Waals surface area contributed by atoms with Gasteiger partial charge in [0.1, 0.15) is 11.6 Å². The molecule has 0 unspecified atom stereocenters. The first-order chi connectivity index (χ1) is 11.1. The van der Waals surface area contributed by atoms with Crippen molar-refractivity contribution in [3.05, 3.63) is 35.5 Å². The molecule has 4 N–H and O–H groups in total. The van der Waals surface area contributed by atoms with Crippen LogP contribution in [0, 0.1) is 12.8 Å². The van der Waals surface area contributed by atoms with Crippen LogP contribution in [0.3, 0.4) is 0 Å². The Bertz CT molecular complexity index is 708. The van der Waals surface area contributed by atoms with Gasteiger partial charge in [0.15, 0.2) is 0 Å². The summed E-state index contributed by atoms with van der Waals surface area (Å²) in [6, 6.07) is 6.05. The minimum atomic E-state index is 0.404. The summed E-state index contributed by atoms with van der Waals surface area (Å²) in [6.07, 6.45) is 8.15. The predicted molar refractivity (Wildman–Crippen MR) is 95.4 cm³/mol. The molecule has 0 bridgehead atoms. The Morgan fingerprint density at radius 3 is 2.70 bits per heavy atom. The molecule has 0 atom stereocenters. The number of pyridine rings is 1. The Balaban J connectivity index is 1.96. The van der Waals surface area contributed by atoms with Gasteiger partial charge in [-0.15, -0.1) is 0 Å². The summed E-state index contributed by atoms with van der Waals surface area (Å²) in [6.45, 7) is 2.07. The fraction of sp³-hybridized carbons (Fsp3) is 0.421. The van der Waals surface area contributed by atoms with Gasteiger partial charge in [-0.1, -0.05) is 25.3 Å². The van der Waals surface area contributed by atoms with Crippen LogP contribution in [-0.2, 0) is 6.42 Å². The maximum absolute atomic E-state index is 6.28. The van der Waals surface area contributed by atoms with E-state index < -0.39 is 0 Å². The highest BCUT2D eigenvalue weighted by Crippen LogP contribution is 2.38. The van der Waals surface area contributed by atoms with Gasteiger partial charge in [-0.2, -0.15) is 0 Å². The van der Waals surface area contributed by atoms with E-state index >= 15 is 0 Å². The number of methoxy groups -OCH3 is 1. The van der Waals surface area contributed by atoms with Crippen molar-refractivity contribution in [1.29, 1.82) is 0 Å². The molecular weight excluding hydrogens is 286 g/mol. The van der Waals surface area contributed by atoms with Crippen LogP contribution < -0.4 is 16.2 Å². The molecule has 0 spiro atoms. The van der Waals surface area contributed by atoms with E-state index in [-0.39, 0.29) is 0 Å². The maximum Gasteiger partial charge on any atom is 0.147 e. The molecule has 0 saturated heterocycles. The Labute approximate surface area is 137 Å². The van der Waals surface area contributed by atoms with E-state index in [1.54, 1.807) is 7.11 Å². The van der Waals surface area contributed by atoms with Gasteiger partial charge in [-0.05, 0) is 54.5 Å². The molecule has 1 aliphatic carbocycles. The number of rotatable bonds is 6. The average molecular weight is 311 g/mol. The maximum atomic E-state index is 6.28. The molecule has 23 heavy (non-hydrogen) atoms. The normalized spacial score (nSPS) is 14.0. The number of nitrogens with zero attached hydrogens (tertiary/aromatic N) is 1. The lowest BCUT2D eigenvalue weighted by Crippen LogP contribution is -2.05. The molecule has 0 amide bonds. The summed E-state index contributed by atoms with van der Waals surface area (Å²) in [7, 11) is 1.68. The summed E-state index contributed by atoms with van der Waals surface area (Å²) >= 11 is 0. The second-order valence-corrected chi connectivity index (χ2v) is 6.47. The summed E-state index contributed by atoms with van der Waals surface area (Å²) in [5.74, 6) is 2.20. The van der Waals surface area contributed by atoms with Crippen LogP contribution in [0.15, 0.2) is 24.4 Å². The summed E-state index contributed by atoms with van der Waals surface area (Å²) in [4.78, 5) is 4.27. The third-order valence-electron chi connectivity index (χ3n) is 4.68. The average Bonchev–Trinajstić information content (AvgIpc) is 3.36. The van der Waals surface area contributed by atoms with E-state index in [4.69, 9.17) is 16.2 Å². The molecule has 1 aliphatic rings. The molecule has 4 heteroatoms. The zero-order valence-electron chi connectivity index (χ0n) is 13.9. The minimum Gasteiger partial charge on any atom is -0.497 e. The van der Waals surface area contributed by atoms with E-state index in [2.05, 4.69) is 18.0 Å². The smallest absolute Gasteiger partial charge is 0.147 e. The monoisotopic (exact) mass is 311 g/mol. The number of hydrogen-bond donors (Lipinski definition) is 2. The Kier molecular flexibility index (Phi) is 4.42. The van der Waals surface area contributed by atoms with Crippen LogP contribution >= 0.6 is 0 Å². The lowest BCUT2D eigenvalue weighted by Gasteiger charge is -2.16. The highest BCUT2D eigenvalue weighted by Gasteiger charge is 2.21. The molecule has 0 aliphatic heterocycles. The highest BCUT2D eigenvalue weighted by atomic mass is 16.5. The topological polar surface area (TPSA) is 74.2 Å². The van der Waals surface area contributed by atoms with Crippen molar-refractivity contribution in [3.8, 4) is 16.9 Å². The van der Waals surface area contributed by atoms with Gasteiger partial charge < -0.3 is 16.2 Å². The largest absolute Gasteiger partial charge is 0.497 e.